The van der Waals surface area contributed by atoms with E-state index in [1.807, 2.05) is 36.4 Å². The maximum absolute atomic E-state index is 12.7. The molecule has 0 radical (unpaired) electrons. The van der Waals surface area contributed by atoms with Crippen molar-refractivity contribution in [2.75, 3.05) is 6.61 Å². The molecule has 3 rings (SSSR count). The molecule has 0 amide bonds. The van der Waals surface area contributed by atoms with Gasteiger partial charge in [-0.05, 0) is 66.6 Å². The van der Waals surface area contributed by atoms with E-state index in [0.29, 0.717) is 5.56 Å². The number of allylic oxidation sites excluding steroid dienone is 3. The molecule has 0 saturated carbocycles. The lowest BCUT2D eigenvalue weighted by atomic mass is 9.98. The second kappa shape index (κ2) is 13.7. The zero-order valence-corrected chi connectivity index (χ0v) is 20.2. The minimum Gasteiger partial charge on any atom is -0.494 e. The second-order valence-corrected chi connectivity index (χ2v) is 8.73. The van der Waals surface area contributed by atoms with Gasteiger partial charge in [-0.1, -0.05) is 88.4 Å². The van der Waals surface area contributed by atoms with E-state index in [2.05, 4.69) is 44.2 Å². The molecule has 2 aromatic rings. The fourth-order valence-corrected chi connectivity index (χ4v) is 4.12. The normalized spacial score (nSPS) is 13.9. The lowest BCUT2D eigenvalue weighted by molar-refractivity contribution is 0.0361. The number of esters is 1. The Morgan fingerprint density at radius 2 is 1.55 bits per heavy atom. The quantitative estimate of drug-likeness (QED) is 0.229. The molecule has 0 heterocycles. The van der Waals surface area contributed by atoms with Crippen molar-refractivity contribution < 1.29 is 14.3 Å². The van der Waals surface area contributed by atoms with E-state index in [1.54, 1.807) is 0 Å². The summed E-state index contributed by atoms with van der Waals surface area (Å²) in [5, 5.41) is 0. The summed E-state index contributed by atoms with van der Waals surface area (Å²) in [5.74, 6) is 0.646. The summed E-state index contributed by atoms with van der Waals surface area (Å²) in [4.78, 5) is 12.7. The maximum atomic E-state index is 12.7. The van der Waals surface area contributed by atoms with Crippen LogP contribution in [0.4, 0.5) is 0 Å². The average molecular weight is 447 g/mol. The van der Waals surface area contributed by atoms with Crippen LogP contribution in [0.15, 0.2) is 72.3 Å². The monoisotopic (exact) mass is 446 g/mol. The Bertz CT molecular complexity index is 907. The van der Waals surface area contributed by atoms with Gasteiger partial charge in [0.05, 0.1) is 12.2 Å². The molecule has 1 unspecified atom stereocenters. The van der Waals surface area contributed by atoms with Crippen LogP contribution in [0.5, 0.6) is 5.75 Å². The lowest BCUT2D eigenvalue weighted by Gasteiger charge is -2.20. The molecule has 0 saturated heterocycles. The maximum Gasteiger partial charge on any atom is 0.338 e. The molecule has 1 aliphatic carbocycles. The number of rotatable bonds is 13. The molecule has 176 valence electrons. The number of hydrogen-bond donors (Lipinski definition) is 0. The number of unbranched alkanes of at least 4 members (excludes halogenated alkanes) is 5. The van der Waals surface area contributed by atoms with Crippen molar-refractivity contribution in [3.63, 3.8) is 0 Å². The van der Waals surface area contributed by atoms with Crippen molar-refractivity contribution in [1.29, 1.82) is 0 Å². The molecule has 0 fully saturated rings. The first-order valence-corrected chi connectivity index (χ1v) is 12.6. The summed E-state index contributed by atoms with van der Waals surface area (Å²) in [5.41, 5.74) is 3.96. The molecule has 1 atom stereocenters. The van der Waals surface area contributed by atoms with Crippen molar-refractivity contribution in [3.8, 4) is 16.9 Å². The third kappa shape index (κ3) is 7.92. The first-order chi connectivity index (χ1) is 16.2. The molecular formula is C30H38O3. The molecular weight excluding hydrogens is 408 g/mol. The second-order valence-electron chi connectivity index (χ2n) is 8.73. The van der Waals surface area contributed by atoms with Gasteiger partial charge >= 0.3 is 5.97 Å². The highest BCUT2D eigenvalue weighted by Gasteiger charge is 2.19. The van der Waals surface area contributed by atoms with Crippen molar-refractivity contribution in [2.24, 2.45) is 0 Å². The zero-order valence-electron chi connectivity index (χ0n) is 20.2. The summed E-state index contributed by atoms with van der Waals surface area (Å²) < 4.78 is 11.7. The van der Waals surface area contributed by atoms with Gasteiger partial charge in [0.15, 0.2) is 0 Å². The number of carbonyl (C=O) groups is 1. The van der Waals surface area contributed by atoms with E-state index >= 15 is 0 Å². The Morgan fingerprint density at radius 3 is 2.18 bits per heavy atom. The van der Waals surface area contributed by atoms with Crippen LogP contribution >= 0.6 is 0 Å². The first kappa shape index (κ1) is 24.8. The summed E-state index contributed by atoms with van der Waals surface area (Å²) in [6.45, 7) is 5.07. The minimum absolute atomic E-state index is 0.147. The Kier molecular flexibility index (Phi) is 10.3. The number of benzene rings is 2. The van der Waals surface area contributed by atoms with Gasteiger partial charge in [-0.25, -0.2) is 4.79 Å². The van der Waals surface area contributed by atoms with Crippen LogP contribution in [0.25, 0.3) is 11.1 Å². The van der Waals surface area contributed by atoms with E-state index in [4.69, 9.17) is 9.47 Å². The Labute approximate surface area is 199 Å². The van der Waals surface area contributed by atoms with Crippen LogP contribution in [-0.4, -0.2) is 18.7 Å². The number of ether oxygens (including phenoxy) is 2. The Hall–Kier alpha value is -2.81. The fraction of sp³-hybridized carbons (Fsp3) is 0.433. The van der Waals surface area contributed by atoms with Crippen molar-refractivity contribution in [2.45, 2.75) is 77.7 Å². The Balaban J connectivity index is 1.49. The van der Waals surface area contributed by atoms with Crippen LogP contribution in [0.2, 0.25) is 0 Å². The van der Waals surface area contributed by atoms with Crippen molar-refractivity contribution in [1.82, 2.24) is 0 Å². The minimum atomic E-state index is -0.262. The van der Waals surface area contributed by atoms with Gasteiger partial charge in [0, 0.05) is 0 Å². The molecule has 3 nitrogen and oxygen atoms in total. The zero-order chi connectivity index (χ0) is 23.3. The number of hydrogen-bond acceptors (Lipinski definition) is 3. The van der Waals surface area contributed by atoms with Crippen LogP contribution in [0.1, 0.15) is 82.0 Å². The molecule has 33 heavy (non-hydrogen) atoms. The summed E-state index contributed by atoms with van der Waals surface area (Å²) in [6.07, 6.45) is 16.5. The first-order valence-electron chi connectivity index (χ1n) is 12.6. The van der Waals surface area contributed by atoms with Gasteiger partial charge in [-0.15, -0.1) is 0 Å². The van der Waals surface area contributed by atoms with E-state index in [0.717, 1.165) is 49.2 Å². The van der Waals surface area contributed by atoms with Crippen LogP contribution in [-0.2, 0) is 4.74 Å². The van der Waals surface area contributed by atoms with Crippen LogP contribution in [0, 0.1) is 0 Å². The van der Waals surface area contributed by atoms with Crippen molar-refractivity contribution in [3.05, 3.63) is 77.9 Å². The summed E-state index contributed by atoms with van der Waals surface area (Å²) in [6, 6.07) is 15.8. The largest absolute Gasteiger partial charge is 0.494 e. The predicted octanol–water partition coefficient (Wildman–Crippen LogP) is 8.30. The van der Waals surface area contributed by atoms with Gasteiger partial charge in [0.1, 0.15) is 11.9 Å². The molecule has 0 spiro atoms. The third-order valence-electron chi connectivity index (χ3n) is 6.15. The van der Waals surface area contributed by atoms with Crippen LogP contribution in [0.3, 0.4) is 0 Å². The SMILES string of the molecule is CCCCCCCCOc1ccc(-c2ccc(C(=O)OC(CC)C3=CC=CCC3)cc2)cc1. The number of carbonyl (C=O) groups excluding carboxylic acids is 1. The molecule has 2 aromatic carbocycles. The van der Waals surface area contributed by atoms with E-state index in [-0.39, 0.29) is 12.1 Å². The molecule has 0 bridgehead atoms. The van der Waals surface area contributed by atoms with Gasteiger partial charge < -0.3 is 9.47 Å². The summed E-state index contributed by atoms with van der Waals surface area (Å²) >= 11 is 0. The van der Waals surface area contributed by atoms with E-state index in [1.165, 1.54) is 37.7 Å². The highest BCUT2D eigenvalue weighted by atomic mass is 16.5. The molecule has 3 heteroatoms. The standard InChI is InChI=1S/C30H38O3/c1-3-5-6-7-8-12-23-32-28-21-19-25(20-22-28)24-15-17-27(18-16-24)30(31)33-29(4-2)26-13-10-9-11-14-26/h9-10,13,15-22,29H,3-8,11-12,14,23H2,1-2H3. The van der Waals surface area contributed by atoms with Gasteiger partial charge in [-0.3, -0.25) is 0 Å². The van der Waals surface area contributed by atoms with E-state index in [9.17, 15) is 4.79 Å². The highest BCUT2D eigenvalue weighted by molar-refractivity contribution is 5.90. The topological polar surface area (TPSA) is 35.5 Å². The third-order valence-corrected chi connectivity index (χ3v) is 6.15. The smallest absolute Gasteiger partial charge is 0.338 e. The van der Waals surface area contributed by atoms with Gasteiger partial charge in [0.25, 0.3) is 0 Å². The lowest BCUT2D eigenvalue weighted by Crippen LogP contribution is -2.20. The summed E-state index contributed by atoms with van der Waals surface area (Å²) in [7, 11) is 0. The highest BCUT2D eigenvalue weighted by Crippen LogP contribution is 2.25. The molecule has 1 aliphatic rings. The van der Waals surface area contributed by atoms with Gasteiger partial charge in [0.2, 0.25) is 0 Å². The molecule has 0 aliphatic heterocycles. The van der Waals surface area contributed by atoms with Crippen molar-refractivity contribution >= 4 is 5.97 Å². The van der Waals surface area contributed by atoms with Crippen LogP contribution < -0.4 is 4.74 Å². The molecule has 0 aromatic heterocycles. The predicted molar refractivity (Wildman–Crippen MR) is 137 cm³/mol. The van der Waals surface area contributed by atoms with Gasteiger partial charge in [-0.2, -0.15) is 0 Å². The fourth-order valence-electron chi connectivity index (χ4n) is 4.12. The Morgan fingerprint density at radius 1 is 0.879 bits per heavy atom. The average Bonchev–Trinajstić information content (AvgIpc) is 2.87. The van der Waals surface area contributed by atoms with E-state index < -0.39 is 0 Å². The molecule has 0 N–H and O–H groups in total.